The highest BCUT2D eigenvalue weighted by atomic mass is 79.9. The fourth-order valence-corrected chi connectivity index (χ4v) is 5.92. The van der Waals surface area contributed by atoms with Gasteiger partial charge in [0.25, 0.3) is 0 Å². The van der Waals surface area contributed by atoms with Gasteiger partial charge in [0.15, 0.2) is 0 Å². The Hall–Kier alpha value is -3.70. The lowest BCUT2D eigenvalue weighted by molar-refractivity contribution is -0.111. The number of nitrogens with one attached hydrogen (secondary N) is 3. The number of methoxy groups -OCH3 is 1. The molecule has 2 fully saturated rings. The summed E-state index contributed by atoms with van der Waals surface area (Å²) in [5.41, 5.74) is 3.03. The van der Waals surface area contributed by atoms with Crippen LogP contribution in [0, 0.1) is 5.92 Å². The van der Waals surface area contributed by atoms with E-state index < -0.39 is 0 Å². The standard InChI is InChI=1S/C30H37BrN8O2/c1-3-28(40)35-24-17-25(36-30-33-20-32-29(37-30)34-23-11-7-10-22(31)16-23)27(41-2)18-26(24)39-14-12-38(13-15-39)19-21-8-5-4-6-9-21/h3,7,10-11,16-18,20-21H,1,4-6,8-9,12-15,19H2,2H3,(H,35,40)(H2,32,33,34,36,37). The van der Waals surface area contributed by atoms with Crippen molar-refractivity contribution < 1.29 is 9.53 Å². The number of hydrogen-bond acceptors (Lipinski definition) is 9. The van der Waals surface area contributed by atoms with Crippen LogP contribution in [0.25, 0.3) is 0 Å². The van der Waals surface area contributed by atoms with Crippen LogP contribution in [0.1, 0.15) is 32.1 Å². The maximum absolute atomic E-state index is 12.4. The number of benzene rings is 2. The van der Waals surface area contributed by atoms with Gasteiger partial charge in [0, 0.05) is 49.0 Å². The van der Waals surface area contributed by atoms with E-state index in [2.05, 4.69) is 63.2 Å². The van der Waals surface area contributed by atoms with Crippen molar-refractivity contribution in [3.8, 4) is 5.75 Å². The fourth-order valence-electron chi connectivity index (χ4n) is 5.52. The van der Waals surface area contributed by atoms with Gasteiger partial charge in [-0.25, -0.2) is 9.97 Å². The van der Waals surface area contributed by atoms with Crippen LogP contribution in [0.4, 0.5) is 34.6 Å². The molecule has 0 radical (unpaired) electrons. The molecule has 2 aliphatic rings. The average Bonchev–Trinajstić information content (AvgIpc) is 2.98. The van der Waals surface area contributed by atoms with Gasteiger partial charge in [0.05, 0.1) is 24.2 Å². The first-order valence-electron chi connectivity index (χ1n) is 14.1. The van der Waals surface area contributed by atoms with Crippen molar-refractivity contribution >= 4 is 56.5 Å². The number of nitrogens with zero attached hydrogens (tertiary/aromatic N) is 5. The Balaban J connectivity index is 1.34. The number of piperazine rings is 1. The van der Waals surface area contributed by atoms with E-state index in [1.165, 1.54) is 51.1 Å². The molecule has 1 aromatic heterocycles. The zero-order chi connectivity index (χ0) is 28.6. The summed E-state index contributed by atoms with van der Waals surface area (Å²) >= 11 is 3.48. The summed E-state index contributed by atoms with van der Waals surface area (Å²) in [6.07, 6.45) is 9.53. The number of halogens is 1. The van der Waals surface area contributed by atoms with Crippen LogP contribution in [-0.4, -0.2) is 65.6 Å². The highest BCUT2D eigenvalue weighted by molar-refractivity contribution is 9.10. The van der Waals surface area contributed by atoms with Crippen molar-refractivity contribution in [2.75, 3.05) is 60.7 Å². The topological polar surface area (TPSA) is 108 Å². The summed E-state index contributed by atoms with van der Waals surface area (Å²) in [6, 6.07) is 11.5. The van der Waals surface area contributed by atoms with Gasteiger partial charge >= 0.3 is 0 Å². The number of carbonyl (C=O) groups excluding carboxylic acids is 1. The minimum Gasteiger partial charge on any atom is -0.494 e. The van der Waals surface area contributed by atoms with Crippen molar-refractivity contribution in [2.45, 2.75) is 32.1 Å². The summed E-state index contributed by atoms with van der Waals surface area (Å²) in [4.78, 5) is 30.3. The minimum absolute atomic E-state index is 0.279. The van der Waals surface area contributed by atoms with Crippen LogP contribution in [-0.2, 0) is 4.79 Å². The number of carbonyl (C=O) groups is 1. The average molecular weight is 622 g/mol. The summed E-state index contributed by atoms with van der Waals surface area (Å²) in [6.45, 7) is 8.54. The monoisotopic (exact) mass is 620 g/mol. The SMILES string of the molecule is C=CC(=O)Nc1cc(Nc2ncnc(Nc3cccc(Br)c3)n2)c(OC)cc1N1CCN(CC2CCCCC2)CC1. The molecule has 2 heterocycles. The van der Waals surface area contributed by atoms with E-state index in [-0.39, 0.29) is 5.91 Å². The van der Waals surface area contributed by atoms with Crippen molar-refractivity contribution in [3.63, 3.8) is 0 Å². The van der Waals surface area contributed by atoms with E-state index in [1.54, 1.807) is 7.11 Å². The summed E-state index contributed by atoms with van der Waals surface area (Å²) in [5, 5.41) is 9.40. The predicted octanol–water partition coefficient (Wildman–Crippen LogP) is 5.96. The first-order chi connectivity index (χ1) is 20.0. The van der Waals surface area contributed by atoms with Gasteiger partial charge < -0.3 is 25.6 Å². The Morgan fingerprint density at radius 2 is 1.80 bits per heavy atom. The van der Waals surface area contributed by atoms with Crippen molar-refractivity contribution in [2.24, 2.45) is 5.92 Å². The van der Waals surface area contributed by atoms with Crippen molar-refractivity contribution in [1.82, 2.24) is 19.9 Å². The van der Waals surface area contributed by atoms with Crippen molar-refractivity contribution in [1.29, 1.82) is 0 Å². The molecule has 41 heavy (non-hydrogen) atoms. The van der Waals surface area contributed by atoms with Gasteiger partial charge in [-0.3, -0.25) is 9.69 Å². The van der Waals surface area contributed by atoms with E-state index in [1.807, 2.05) is 36.4 Å². The van der Waals surface area contributed by atoms with Gasteiger partial charge in [-0.05, 0) is 49.1 Å². The van der Waals surface area contributed by atoms with Gasteiger partial charge in [-0.2, -0.15) is 4.98 Å². The molecule has 3 aromatic rings. The molecule has 0 atom stereocenters. The van der Waals surface area contributed by atoms with E-state index >= 15 is 0 Å². The molecule has 1 saturated heterocycles. The van der Waals surface area contributed by atoms with Crippen LogP contribution in [0.3, 0.4) is 0 Å². The Morgan fingerprint density at radius 1 is 1.05 bits per heavy atom. The molecular weight excluding hydrogens is 584 g/mol. The minimum atomic E-state index is -0.279. The second kappa shape index (κ2) is 13.8. The Morgan fingerprint density at radius 3 is 2.51 bits per heavy atom. The van der Waals surface area contributed by atoms with E-state index in [4.69, 9.17) is 4.74 Å². The smallest absolute Gasteiger partial charge is 0.247 e. The summed E-state index contributed by atoms with van der Waals surface area (Å²) in [5.74, 6) is 1.88. The lowest BCUT2D eigenvalue weighted by atomic mass is 9.89. The van der Waals surface area contributed by atoms with E-state index in [0.29, 0.717) is 29.0 Å². The summed E-state index contributed by atoms with van der Waals surface area (Å²) < 4.78 is 6.72. The van der Waals surface area contributed by atoms with E-state index in [9.17, 15) is 4.79 Å². The van der Waals surface area contributed by atoms with E-state index in [0.717, 1.165) is 47.9 Å². The molecule has 1 saturated carbocycles. The first kappa shape index (κ1) is 28.8. The summed E-state index contributed by atoms with van der Waals surface area (Å²) in [7, 11) is 1.63. The van der Waals surface area contributed by atoms with Crippen LogP contribution >= 0.6 is 15.9 Å². The Labute approximate surface area is 249 Å². The number of ether oxygens (including phenoxy) is 1. The molecule has 5 rings (SSSR count). The Kier molecular flexibility index (Phi) is 9.68. The van der Waals surface area contributed by atoms with Crippen LogP contribution in [0.15, 0.2) is 59.9 Å². The Bertz CT molecular complexity index is 1360. The zero-order valence-corrected chi connectivity index (χ0v) is 25.0. The van der Waals surface area contributed by atoms with Crippen molar-refractivity contribution in [3.05, 3.63) is 59.9 Å². The molecule has 1 aliphatic heterocycles. The van der Waals surface area contributed by atoms with Gasteiger partial charge in [0.1, 0.15) is 12.1 Å². The second-order valence-electron chi connectivity index (χ2n) is 10.4. The maximum Gasteiger partial charge on any atom is 0.247 e. The highest BCUT2D eigenvalue weighted by Gasteiger charge is 2.24. The van der Waals surface area contributed by atoms with Gasteiger partial charge in [0.2, 0.25) is 17.8 Å². The third-order valence-corrected chi connectivity index (χ3v) is 8.11. The lowest BCUT2D eigenvalue weighted by Crippen LogP contribution is -2.48. The molecule has 0 unspecified atom stereocenters. The molecule has 2 aromatic carbocycles. The number of amides is 1. The zero-order valence-electron chi connectivity index (χ0n) is 23.4. The molecular formula is C30H37BrN8O2. The van der Waals surface area contributed by atoms with Gasteiger partial charge in [-0.1, -0.05) is 47.8 Å². The number of hydrogen-bond donors (Lipinski definition) is 3. The first-order valence-corrected chi connectivity index (χ1v) is 14.9. The maximum atomic E-state index is 12.4. The number of aromatic nitrogens is 3. The third kappa shape index (κ3) is 7.74. The lowest BCUT2D eigenvalue weighted by Gasteiger charge is -2.39. The highest BCUT2D eigenvalue weighted by Crippen LogP contribution is 2.39. The molecule has 0 bridgehead atoms. The van der Waals surface area contributed by atoms with Gasteiger partial charge in [-0.15, -0.1) is 0 Å². The molecule has 1 amide bonds. The number of anilines is 6. The molecule has 216 valence electrons. The predicted molar refractivity (Wildman–Crippen MR) is 168 cm³/mol. The van der Waals surface area contributed by atoms with Crippen LogP contribution < -0.4 is 25.6 Å². The molecule has 11 heteroatoms. The molecule has 10 nitrogen and oxygen atoms in total. The normalized spacial score (nSPS) is 16.2. The quantitative estimate of drug-likeness (QED) is 0.237. The second-order valence-corrected chi connectivity index (χ2v) is 11.4. The molecule has 3 N–H and O–H groups in total. The third-order valence-electron chi connectivity index (χ3n) is 7.61. The number of rotatable bonds is 10. The largest absolute Gasteiger partial charge is 0.494 e. The molecule has 1 aliphatic carbocycles. The fraction of sp³-hybridized carbons (Fsp3) is 0.400. The van der Waals surface area contributed by atoms with Crippen LogP contribution in [0.2, 0.25) is 0 Å². The molecule has 0 spiro atoms. The van der Waals surface area contributed by atoms with Crippen LogP contribution in [0.5, 0.6) is 5.75 Å².